The summed E-state index contributed by atoms with van der Waals surface area (Å²) in [5, 5.41) is 13.1. The van der Waals surface area contributed by atoms with Crippen LogP contribution in [0.15, 0.2) is 33.9 Å². The Bertz CT molecular complexity index is 753. The summed E-state index contributed by atoms with van der Waals surface area (Å²) >= 11 is 7.24. The third-order valence-electron chi connectivity index (χ3n) is 2.66. The fourth-order valence-electron chi connectivity index (χ4n) is 1.70. The molecule has 0 radical (unpaired) electrons. The second-order valence-corrected chi connectivity index (χ2v) is 5.59. The highest BCUT2D eigenvalue weighted by Gasteiger charge is 2.13. The van der Waals surface area contributed by atoms with Crippen LogP contribution in [0.5, 0.6) is 0 Å². The van der Waals surface area contributed by atoms with Gasteiger partial charge in [0, 0.05) is 10.6 Å². The summed E-state index contributed by atoms with van der Waals surface area (Å²) in [5.41, 5.74) is 0.842. The molecule has 7 nitrogen and oxygen atoms in total. The van der Waals surface area contributed by atoms with Crippen molar-refractivity contribution in [1.29, 1.82) is 0 Å². The molecule has 2 heterocycles. The molecule has 0 atom stereocenters. The number of nitrogens with two attached hydrogens (primary N) is 1. The predicted octanol–water partition coefficient (Wildman–Crippen LogP) is 2.30. The maximum atomic E-state index is 6.01. The van der Waals surface area contributed by atoms with Crippen molar-refractivity contribution in [2.75, 3.05) is 5.84 Å². The lowest BCUT2D eigenvalue weighted by molar-refractivity contribution is 0.387. The average Bonchev–Trinajstić information content (AvgIpc) is 3.04. The molecule has 0 bridgehead atoms. The molecule has 9 heteroatoms. The molecule has 2 N–H and O–H groups in total. The van der Waals surface area contributed by atoms with Gasteiger partial charge < -0.3 is 10.4 Å². The van der Waals surface area contributed by atoms with Gasteiger partial charge in [-0.05, 0) is 31.2 Å². The summed E-state index contributed by atoms with van der Waals surface area (Å²) in [6, 6.07) is 7.23. The van der Waals surface area contributed by atoms with Gasteiger partial charge in [-0.2, -0.15) is 4.98 Å². The van der Waals surface area contributed by atoms with E-state index >= 15 is 0 Å². The van der Waals surface area contributed by atoms with Crippen molar-refractivity contribution >= 4 is 23.4 Å². The number of benzene rings is 1. The highest BCUT2D eigenvalue weighted by atomic mass is 35.5. The zero-order valence-electron chi connectivity index (χ0n) is 11.0. The molecule has 108 valence electrons. The number of nitrogens with zero attached hydrogens (tertiary/aromatic N) is 5. The van der Waals surface area contributed by atoms with Crippen molar-refractivity contribution in [3.8, 4) is 11.4 Å². The van der Waals surface area contributed by atoms with E-state index in [4.69, 9.17) is 22.0 Å². The summed E-state index contributed by atoms with van der Waals surface area (Å²) < 4.78 is 6.46. The maximum absolute atomic E-state index is 6.01. The Balaban J connectivity index is 1.77. The van der Waals surface area contributed by atoms with Crippen LogP contribution < -0.4 is 5.84 Å². The normalized spacial score (nSPS) is 11.0. The molecule has 2 aromatic heterocycles. The van der Waals surface area contributed by atoms with Gasteiger partial charge in [0.25, 0.3) is 0 Å². The van der Waals surface area contributed by atoms with Crippen molar-refractivity contribution in [2.45, 2.75) is 17.8 Å². The highest BCUT2D eigenvalue weighted by molar-refractivity contribution is 7.98. The number of hydrogen-bond acceptors (Lipinski definition) is 7. The summed E-state index contributed by atoms with van der Waals surface area (Å²) in [5.74, 6) is 8.18. The smallest absolute Gasteiger partial charge is 0.237 e. The van der Waals surface area contributed by atoms with Crippen LogP contribution in [0, 0.1) is 6.92 Å². The van der Waals surface area contributed by atoms with Crippen LogP contribution in [-0.2, 0) is 5.75 Å². The first kappa shape index (κ1) is 13.9. The molecule has 0 aliphatic rings. The molecular weight excluding hydrogens is 312 g/mol. The minimum atomic E-state index is 0.483. The van der Waals surface area contributed by atoms with Crippen molar-refractivity contribution in [3.05, 3.63) is 41.0 Å². The zero-order chi connectivity index (χ0) is 14.8. The first-order valence-electron chi connectivity index (χ1n) is 6.02. The number of aromatic nitrogens is 5. The monoisotopic (exact) mass is 322 g/mol. The van der Waals surface area contributed by atoms with Gasteiger partial charge in [-0.1, -0.05) is 28.5 Å². The zero-order valence-corrected chi connectivity index (χ0v) is 12.6. The lowest BCUT2D eigenvalue weighted by Crippen LogP contribution is -2.11. The third-order valence-corrected chi connectivity index (χ3v) is 3.84. The largest absolute Gasteiger partial charge is 0.338 e. The van der Waals surface area contributed by atoms with E-state index in [2.05, 4.69) is 20.3 Å². The van der Waals surface area contributed by atoms with E-state index < -0.39 is 0 Å². The van der Waals surface area contributed by atoms with E-state index in [-0.39, 0.29) is 0 Å². The van der Waals surface area contributed by atoms with E-state index in [0.717, 1.165) is 5.56 Å². The van der Waals surface area contributed by atoms with Crippen LogP contribution in [0.1, 0.15) is 11.7 Å². The van der Waals surface area contributed by atoms with E-state index in [1.165, 1.54) is 16.4 Å². The number of nitrogen functional groups attached to an aromatic ring is 1. The standard InChI is InChI=1S/C12H11ClN6OS/c1-7-15-10(20-18-7)6-21-12-17-16-11(19(12)14)8-2-4-9(13)5-3-8/h2-5H,6,14H2,1H3. The summed E-state index contributed by atoms with van der Waals surface area (Å²) in [6.07, 6.45) is 0. The molecule has 0 saturated heterocycles. The van der Waals surface area contributed by atoms with Gasteiger partial charge in [0.2, 0.25) is 11.0 Å². The van der Waals surface area contributed by atoms with Gasteiger partial charge >= 0.3 is 0 Å². The summed E-state index contributed by atoms with van der Waals surface area (Å²) in [6.45, 7) is 1.77. The quantitative estimate of drug-likeness (QED) is 0.581. The van der Waals surface area contributed by atoms with Gasteiger partial charge in [0.15, 0.2) is 11.6 Å². The first-order chi connectivity index (χ1) is 10.1. The van der Waals surface area contributed by atoms with Crippen molar-refractivity contribution < 1.29 is 4.52 Å². The number of rotatable bonds is 4. The van der Waals surface area contributed by atoms with Gasteiger partial charge in [-0.15, -0.1) is 10.2 Å². The Kier molecular flexibility index (Phi) is 3.80. The minimum absolute atomic E-state index is 0.483. The molecular formula is C12H11ClN6OS. The van der Waals surface area contributed by atoms with Gasteiger partial charge in [-0.3, -0.25) is 0 Å². The molecule has 0 saturated carbocycles. The molecule has 3 rings (SSSR count). The molecule has 0 spiro atoms. The SMILES string of the molecule is Cc1noc(CSc2nnc(-c3ccc(Cl)cc3)n2N)n1. The van der Waals surface area contributed by atoms with Crippen LogP contribution >= 0.6 is 23.4 Å². The maximum Gasteiger partial charge on any atom is 0.237 e. The minimum Gasteiger partial charge on any atom is -0.338 e. The van der Waals surface area contributed by atoms with Crippen molar-refractivity contribution in [2.24, 2.45) is 0 Å². The van der Waals surface area contributed by atoms with Crippen LogP contribution in [-0.4, -0.2) is 25.0 Å². The predicted molar refractivity (Wildman–Crippen MR) is 79.2 cm³/mol. The number of thioether (sulfide) groups is 1. The Morgan fingerprint density at radius 3 is 2.71 bits per heavy atom. The fourth-order valence-corrected chi connectivity index (χ4v) is 2.52. The average molecular weight is 323 g/mol. The van der Waals surface area contributed by atoms with Gasteiger partial charge in [-0.25, -0.2) is 4.68 Å². The third kappa shape index (κ3) is 3.01. The Morgan fingerprint density at radius 1 is 1.29 bits per heavy atom. The molecule has 0 amide bonds. The lowest BCUT2D eigenvalue weighted by Gasteiger charge is -2.02. The highest BCUT2D eigenvalue weighted by Crippen LogP contribution is 2.24. The van der Waals surface area contributed by atoms with Crippen molar-refractivity contribution in [1.82, 2.24) is 25.0 Å². The van der Waals surface area contributed by atoms with Crippen LogP contribution in [0.2, 0.25) is 5.02 Å². The molecule has 1 aromatic carbocycles. The van der Waals surface area contributed by atoms with Crippen LogP contribution in [0.3, 0.4) is 0 Å². The van der Waals surface area contributed by atoms with Crippen LogP contribution in [0.25, 0.3) is 11.4 Å². The second-order valence-electron chi connectivity index (χ2n) is 4.21. The van der Waals surface area contributed by atoms with E-state index in [1.807, 2.05) is 12.1 Å². The molecule has 3 aromatic rings. The van der Waals surface area contributed by atoms with E-state index in [9.17, 15) is 0 Å². The van der Waals surface area contributed by atoms with Gasteiger partial charge in [0.05, 0.1) is 5.75 Å². The first-order valence-corrected chi connectivity index (χ1v) is 7.38. The van der Waals surface area contributed by atoms with Crippen LogP contribution in [0.4, 0.5) is 0 Å². The van der Waals surface area contributed by atoms with Gasteiger partial charge in [0.1, 0.15) is 0 Å². The Hall–Kier alpha value is -2.06. The molecule has 0 unspecified atom stereocenters. The number of halogens is 1. The fraction of sp³-hybridized carbons (Fsp3) is 0.167. The molecule has 0 fully saturated rings. The Labute approximate surface area is 129 Å². The number of hydrogen-bond donors (Lipinski definition) is 1. The van der Waals surface area contributed by atoms with E-state index in [1.54, 1.807) is 19.1 Å². The summed E-state index contributed by atoms with van der Waals surface area (Å²) in [4.78, 5) is 4.12. The van der Waals surface area contributed by atoms with E-state index in [0.29, 0.717) is 33.5 Å². The summed E-state index contributed by atoms with van der Waals surface area (Å²) in [7, 11) is 0. The Morgan fingerprint density at radius 2 is 2.05 bits per heavy atom. The molecule has 0 aliphatic heterocycles. The topological polar surface area (TPSA) is 95.7 Å². The lowest BCUT2D eigenvalue weighted by atomic mass is 10.2. The second kappa shape index (κ2) is 5.74. The number of aryl methyl sites for hydroxylation is 1. The molecule has 0 aliphatic carbocycles. The van der Waals surface area contributed by atoms with Crippen molar-refractivity contribution in [3.63, 3.8) is 0 Å². The molecule has 21 heavy (non-hydrogen) atoms.